The Labute approximate surface area is 125 Å². The Morgan fingerprint density at radius 3 is 2.48 bits per heavy atom. The van der Waals surface area contributed by atoms with Crippen molar-refractivity contribution in [3.8, 4) is 0 Å². The highest BCUT2D eigenvalue weighted by atomic mass is 16.1. The lowest BCUT2D eigenvalue weighted by Gasteiger charge is -2.18. The fourth-order valence-electron chi connectivity index (χ4n) is 2.15. The molecule has 0 saturated carbocycles. The number of imidazole rings is 1. The molecule has 2 rings (SSSR count). The number of benzene rings is 1. The van der Waals surface area contributed by atoms with E-state index in [1.165, 1.54) is 5.56 Å². The average molecular weight is 285 g/mol. The summed E-state index contributed by atoms with van der Waals surface area (Å²) in [6.07, 6.45) is 3.24. The molecule has 0 bridgehead atoms. The Kier molecular flexibility index (Phi) is 4.58. The van der Waals surface area contributed by atoms with Gasteiger partial charge in [-0.3, -0.25) is 4.79 Å². The quantitative estimate of drug-likeness (QED) is 0.830. The van der Waals surface area contributed by atoms with E-state index >= 15 is 0 Å². The number of ketones is 1. The van der Waals surface area contributed by atoms with Crippen LogP contribution in [0.25, 0.3) is 0 Å². The highest BCUT2D eigenvalue weighted by molar-refractivity contribution is 6.07. The summed E-state index contributed by atoms with van der Waals surface area (Å²) >= 11 is 0. The second kappa shape index (κ2) is 6.22. The van der Waals surface area contributed by atoms with Gasteiger partial charge in [-0.1, -0.05) is 45.0 Å². The lowest BCUT2D eigenvalue weighted by molar-refractivity contribution is 0.103. The molecular weight excluding hydrogens is 262 g/mol. The molecule has 0 saturated heterocycles. The number of nitrogens with one attached hydrogen (secondary N) is 1. The smallest absolute Gasteiger partial charge is 0.210 e. The van der Waals surface area contributed by atoms with Crippen molar-refractivity contribution in [2.75, 3.05) is 6.54 Å². The van der Waals surface area contributed by atoms with E-state index in [9.17, 15) is 4.79 Å². The molecule has 0 radical (unpaired) electrons. The Morgan fingerprint density at radius 2 is 1.90 bits per heavy atom. The molecule has 1 heterocycles. The summed E-state index contributed by atoms with van der Waals surface area (Å²) in [6.45, 7) is 7.09. The van der Waals surface area contributed by atoms with E-state index in [0.29, 0.717) is 17.8 Å². The molecule has 0 aliphatic rings. The molecule has 0 unspecified atom stereocenters. The molecular formula is C17H23N3O. The minimum Gasteiger partial charge on any atom is -0.339 e. The van der Waals surface area contributed by atoms with Crippen LogP contribution in [0.4, 0.5) is 0 Å². The zero-order chi connectivity index (χ0) is 15.5. The molecule has 112 valence electrons. The Balaban J connectivity index is 2.14. The van der Waals surface area contributed by atoms with Crippen LogP contribution in [0.5, 0.6) is 0 Å². The number of rotatable bonds is 5. The van der Waals surface area contributed by atoms with E-state index in [0.717, 1.165) is 18.7 Å². The Bertz CT molecular complexity index is 606. The van der Waals surface area contributed by atoms with Crippen molar-refractivity contribution in [2.24, 2.45) is 5.73 Å². The number of aromatic amines is 1. The Morgan fingerprint density at radius 1 is 1.24 bits per heavy atom. The predicted molar refractivity (Wildman–Crippen MR) is 84.5 cm³/mol. The van der Waals surface area contributed by atoms with Crippen LogP contribution < -0.4 is 5.73 Å². The van der Waals surface area contributed by atoms with Gasteiger partial charge in [0, 0.05) is 12.0 Å². The number of carbonyl (C=O) groups excluding carboxylic acids is 1. The molecule has 2 aromatic rings. The molecule has 0 atom stereocenters. The van der Waals surface area contributed by atoms with Gasteiger partial charge >= 0.3 is 0 Å². The second-order valence-electron chi connectivity index (χ2n) is 6.29. The molecule has 21 heavy (non-hydrogen) atoms. The maximum absolute atomic E-state index is 12.4. The van der Waals surface area contributed by atoms with Gasteiger partial charge in [-0.2, -0.15) is 0 Å². The molecule has 4 nitrogen and oxygen atoms in total. The van der Waals surface area contributed by atoms with Crippen molar-refractivity contribution in [1.29, 1.82) is 0 Å². The highest BCUT2D eigenvalue weighted by Gasteiger charge is 2.16. The van der Waals surface area contributed by atoms with Gasteiger partial charge in [0.25, 0.3) is 0 Å². The first-order valence-corrected chi connectivity index (χ1v) is 7.31. The van der Waals surface area contributed by atoms with Crippen LogP contribution in [0.15, 0.2) is 30.5 Å². The minimum atomic E-state index is -0.0260. The van der Waals surface area contributed by atoms with E-state index in [1.807, 2.05) is 24.3 Å². The van der Waals surface area contributed by atoms with Crippen molar-refractivity contribution >= 4 is 5.78 Å². The van der Waals surface area contributed by atoms with Gasteiger partial charge in [-0.05, 0) is 23.9 Å². The molecule has 0 amide bonds. The summed E-state index contributed by atoms with van der Waals surface area (Å²) in [5, 5.41) is 0. The van der Waals surface area contributed by atoms with Crippen molar-refractivity contribution < 1.29 is 4.79 Å². The van der Waals surface area contributed by atoms with Gasteiger partial charge in [-0.15, -0.1) is 0 Å². The number of nitrogens with two attached hydrogens (primary N) is 1. The van der Waals surface area contributed by atoms with Gasteiger partial charge < -0.3 is 10.7 Å². The van der Waals surface area contributed by atoms with Gasteiger partial charge in [-0.25, -0.2) is 4.98 Å². The van der Waals surface area contributed by atoms with E-state index in [1.54, 1.807) is 6.20 Å². The second-order valence-corrected chi connectivity index (χ2v) is 6.29. The molecule has 3 N–H and O–H groups in total. The lowest BCUT2D eigenvalue weighted by Crippen LogP contribution is -2.11. The SMILES string of the molecule is CC(C)(C)c1ccc(C(=O)c2cnc(CCCN)[nH]2)cc1. The first-order valence-electron chi connectivity index (χ1n) is 7.31. The van der Waals surface area contributed by atoms with Crippen LogP contribution in [-0.4, -0.2) is 22.3 Å². The Hall–Kier alpha value is -1.94. The number of hydrogen-bond donors (Lipinski definition) is 2. The molecule has 0 aliphatic heterocycles. The number of aromatic nitrogens is 2. The van der Waals surface area contributed by atoms with Crippen LogP contribution >= 0.6 is 0 Å². The summed E-state index contributed by atoms with van der Waals surface area (Å²) in [4.78, 5) is 19.7. The van der Waals surface area contributed by atoms with Crippen LogP contribution in [0.1, 0.15) is 54.6 Å². The summed E-state index contributed by atoms with van der Waals surface area (Å²) in [6, 6.07) is 7.78. The predicted octanol–water partition coefficient (Wildman–Crippen LogP) is 2.83. The molecule has 0 fully saturated rings. The topological polar surface area (TPSA) is 71.8 Å². The number of aryl methyl sites for hydroxylation is 1. The van der Waals surface area contributed by atoms with E-state index < -0.39 is 0 Å². The molecule has 4 heteroatoms. The normalized spacial score (nSPS) is 11.6. The van der Waals surface area contributed by atoms with Gasteiger partial charge in [0.15, 0.2) is 0 Å². The third-order valence-corrected chi connectivity index (χ3v) is 3.50. The van der Waals surface area contributed by atoms with E-state index in [-0.39, 0.29) is 11.2 Å². The number of hydrogen-bond acceptors (Lipinski definition) is 3. The maximum Gasteiger partial charge on any atom is 0.210 e. The maximum atomic E-state index is 12.4. The molecule has 0 aliphatic carbocycles. The van der Waals surface area contributed by atoms with E-state index in [4.69, 9.17) is 5.73 Å². The van der Waals surface area contributed by atoms with Crippen molar-refractivity contribution in [1.82, 2.24) is 9.97 Å². The van der Waals surface area contributed by atoms with E-state index in [2.05, 4.69) is 30.7 Å². The van der Waals surface area contributed by atoms with Crippen LogP contribution in [0.3, 0.4) is 0 Å². The minimum absolute atomic E-state index is 0.0260. The third-order valence-electron chi connectivity index (χ3n) is 3.50. The largest absolute Gasteiger partial charge is 0.339 e. The van der Waals surface area contributed by atoms with Crippen LogP contribution in [-0.2, 0) is 11.8 Å². The monoisotopic (exact) mass is 285 g/mol. The highest BCUT2D eigenvalue weighted by Crippen LogP contribution is 2.22. The molecule has 0 spiro atoms. The zero-order valence-electron chi connectivity index (χ0n) is 12.9. The number of nitrogens with zero attached hydrogens (tertiary/aromatic N) is 1. The first-order chi connectivity index (χ1) is 9.91. The number of H-pyrrole nitrogens is 1. The standard InChI is InChI=1S/C17H23N3O/c1-17(2,3)13-8-6-12(7-9-13)16(21)14-11-19-15(20-14)5-4-10-18/h6-9,11H,4-5,10,18H2,1-3H3,(H,19,20). The van der Waals surface area contributed by atoms with Crippen molar-refractivity contribution in [2.45, 2.75) is 39.0 Å². The lowest BCUT2D eigenvalue weighted by atomic mass is 9.86. The third kappa shape index (κ3) is 3.79. The number of carbonyl (C=O) groups is 1. The molecule has 1 aromatic heterocycles. The first kappa shape index (κ1) is 15.4. The van der Waals surface area contributed by atoms with Gasteiger partial charge in [0.05, 0.1) is 6.20 Å². The average Bonchev–Trinajstić information content (AvgIpc) is 2.92. The van der Waals surface area contributed by atoms with Gasteiger partial charge in [0.1, 0.15) is 11.5 Å². The fraction of sp³-hybridized carbons (Fsp3) is 0.412. The zero-order valence-corrected chi connectivity index (χ0v) is 12.9. The summed E-state index contributed by atoms with van der Waals surface area (Å²) in [5.41, 5.74) is 7.99. The van der Waals surface area contributed by atoms with Crippen molar-refractivity contribution in [3.63, 3.8) is 0 Å². The van der Waals surface area contributed by atoms with Crippen molar-refractivity contribution in [3.05, 3.63) is 53.1 Å². The molecule has 1 aromatic carbocycles. The fourth-order valence-corrected chi connectivity index (χ4v) is 2.15. The van der Waals surface area contributed by atoms with Crippen LogP contribution in [0, 0.1) is 0 Å². The summed E-state index contributed by atoms with van der Waals surface area (Å²) < 4.78 is 0. The summed E-state index contributed by atoms with van der Waals surface area (Å²) in [5.74, 6) is 0.789. The van der Waals surface area contributed by atoms with Crippen LogP contribution in [0.2, 0.25) is 0 Å². The van der Waals surface area contributed by atoms with Gasteiger partial charge in [0.2, 0.25) is 5.78 Å². The summed E-state index contributed by atoms with van der Waals surface area (Å²) in [7, 11) is 0.